The summed E-state index contributed by atoms with van der Waals surface area (Å²) in [7, 11) is 0. The standard InChI is InChI=1S/C18H26N2/c1-15(16-11-7-5-8-12-16)17(19-18(2,3)4)20-13-9-6-10-14-20/h5,7-8,11-12H,1,6,9-10,13-14H2,2-4H3. The molecule has 1 fully saturated rings. The van der Waals surface area contributed by atoms with Crippen LogP contribution < -0.4 is 0 Å². The van der Waals surface area contributed by atoms with Crippen molar-refractivity contribution >= 4 is 11.4 Å². The van der Waals surface area contributed by atoms with Crippen molar-refractivity contribution < 1.29 is 0 Å². The summed E-state index contributed by atoms with van der Waals surface area (Å²) in [5.74, 6) is 1.07. The molecular formula is C18H26N2. The van der Waals surface area contributed by atoms with Gasteiger partial charge in [0.1, 0.15) is 5.84 Å². The highest BCUT2D eigenvalue weighted by Crippen LogP contribution is 2.22. The predicted octanol–water partition coefficient (Wildman–Crippen LogP) is 4.38. The molecule has 0 spiro atoms. The maximum Gasteiger partial charge on any atom is 0.131 e. The van der Waals surface area contributed by atoms with Crippen molar-refractivity contribution in [1.29, 1.82) is 0 Å². The van der Waals surface area contributed by atoms with Crippen LogP contribution in [0.2, 0.25) is 0 Å². The Hall–Kier alpha value is -1.57. The third kappa shape index (κ3) is 3.96. The van der Waals surface area contributed by atoms with Crippen molar-refractivity contribution in [2.24, 2.45) is 4.99 Å². The summed E-state index contributed by atoms with van der Waals surface area (Å²) in [6.45, 7) is 13.0. The largest absolute Gasteiger partial charge is 0.356 e. The van der Waals surface area contributed by atoms with E-state index in [1.165, 1.54) is 24.8 Å². The van der Waals surface area contributed by atoms with E-state index in [1.54, 1.807) is 0 Å². The maximum atomic E-state index is 4.95. The summed E-state index contributed by atoms with van der Waals surface area (Å²) in [6.07, 6.45) is 3.84. The zero-order valence-electron chi connectivity index (χ0n) is 13.0. The molecule has 0 aliphatic carbocycles. The van der Waals surface area contributed by atoms with Crippen LogP contribution in [0.5, 0.6) is 0 Å². The van der Waals surface area contributed by atoms with Crippen LogP contribution in [0.1, 0.15) is 45.6 Å². The van der Waals surface area contributed by atoms with Crippen LogP contribution >= 0.6 is 0 Å². The lowest BCUT2D eigenvalue weighted by molar-refractivity contribution is 0.340. The fourth-order valence-corrected chi connectivity index (χ4v) is 2.52. The van der Waals surface area contributed by atoms with Crippen LogP contribution in [-0.2, 0) is 0 Å². The van der Waals surface area contributed by atoms with Gasteiger partial charge in [0.15, 0.2) is 0 Å². The number of hydrogen-bond donors (Lipinski definition) is 0. The molecule has 1 aliphatic rings. The summed E-state index contributed by atoms with van der Waals surface area (Å²) in [5.41, 5.74) is 2.13. The number of nitrogens with zero attached hydrogens (tertiary/aromatic N) is 2. The van der Waals surface area contributed by atoms with E-state index in [9.17, 15) is 0 Å². The second kappa shape index (κ2) is 6.25. The Labute approximate surface area is 123 Å². The topological polar surface area (TPSA) is 15.6 Å². The molecule has 0 N–H and O–H groups in total. The van der Waals surface area contributed by atoms with Crippen molar-refractivity contribution in [3.63, 3.8) is 0 Å². The molecule has 2 heteroatoms. The van der Waals surface area contributed by atoms with E-state index in [4.69, 9.17) is 4.99 Å². The molecule has 0 saturated carbocycles. The lowest BCUT2D eigenvalue weighted by Crippen LogP contribution is -2.37. The number of likely N-dealkylation sites (tertiary alicyclic amines) is 1. The molecule has 0 amide bonds. The first-order valence-corrected chi connectivity index (χ1v) is 7.57. The number of aliphatic imine (C=N–C) groups is 1. The fourth-order valence-electron chi connectivity index (χ4n) is 2.52. The lowest BCUT2D eigenvalue weighted by atomic mass is 10.0. The van der Waals surface area contributed by atoms with Gasteiger partial charge in [-0.1, -0.05) is 36.9 Å². The van der Waals surface area contributed by atoms with Crippen LogP contribution in [-0.4, -0.2) is 29.4 Å². The van der Waals surface area contributed by atoms with Crippen molar-refractivity contribution in [2.45, 2.75) is 45.6 Å². The van der Waals surface area contributed by atoms with Crippen LogP contribution in [0.25, 0.3) is 5.57 Å². The highest BCUT2D eigenvalue weighted by atomic mass is 15.2. The van der Waals surface area contributed by atoms with Gasteiger partial charge >= 0.3 is 0 Å². The van der Waals surface area contributed by atoms with Gasteiger partial charge < -0.3 is 4.90 Å². The molecule has 20 heavy (non-hydrogen) atoms. The maximum absolute atomic E-state index is 4.95. The van der Waals surface area contributed by atoms with Crippen molar-refractivity contribution in [3.8, 4) is 0 Å². The number of benzene rings is 1. The van der Waals surface area contributed by atoms with E-state index < -0.39 is 0 Å². The average molecular weight is 270 g/mol. The molecule has 0 radical (unpaired) electrons. The van der Waals surface area contributed by atoms with Gasteiger partial charge in [0.2, 0.25) is 0 Å². The average Bonchev–Trinajstić information content (AvgIpc) is 2.45. The van der Waals surface area contributed by atoms with Crippen LogP contribution in [0.15, 0.2) is 41.9 Å². The minimum Gasteiger partial charge on any atom is -0.356 e. The van der Waals surface area contributed by atoms with E-state index >= 15 is 0 Å². The first kappa shape index (κ1) is 14.8. The summed E-state index contributed by atoms with van der Waals surface area (Å²) >= 11 is 0. The van der Waals surface area contributed by atoms with E-state index in [1.807, 2.05) is 6.07 Å². The van der Waals surface area contributed by atoms with Gasteiger partial charge in [0.05, 0.1) is 5.54 Å². The first-order chi connectivity index (χ1) is 9.47. The molecule has 0 bridgehead atoms. The predicted molar refractivity (Wildman–Crippen MR) is 88.1 cm³/mol. The molecule has 2 rings (SSSR count). The smallest absolute Gasteiger partial charge is 0.131 e. The molecule has 1 aromatic rings. The van der Waals surface area contributed by atoms with Gasteiger partial charge in [-0.25, -0.2) is 0 Å². The molecule has 0 aromatic heterocycles. The SMILES string of the molecule is C=C(C(=NC(C)(C)C)N1CCCCC1)c1ccccc1. The zero-order chi connectivity index (χ0) is 14.6. The Kier molecular flexibility index (Phi) is 4.64. The normalized spacial score (nSPS) is 17.1. The lowest BCUT2D eigenvalue weighted by Gasteiger charge is -2.32. The fraction of sp³-hybridized carbons (Fsp3) is 0.500. The molecule has 0 atom stereocenters. The first-order valence-electron chi connectivity index (χ1n) is 7.57. The zero-order valence-corrected chi connectivity index (χ0v) is 13.0. The van der Waals surface area contributed by atoms with Gasteiger partial charge in [0, 0.05) is 18.7 Å². The number of rotatable bonds is 2. The van der Waals surface area contributed by atoms with Crippen molar-refractivity contribution in [2.75, 3.05) is 13.1 Å². The third-order valence-electron chi connectivity index (χ3n) is 3.49. The number of hydrogen-bond acceptors (Lipinski definition) is 1. The number of piperidine rings is 1. The van der Waals surface area contributed by atoms with Gasteiger partial charge in [-0.15, -0.1) is 0 Å². The summed E-state index contributed by atoms with van der Waals surface area (Å²) < 4.78 is 0. The van der Waals surface area contributed by atoms with E-state index in [0.717, 1.165) is 24.5 Å². The van der Waals surface area contributed by atoms with Crippen LogP contribution in [0.3, 0.4) is 0 Å². The summed E-state index contributed by atoms with van der Waals surface area (Å²) in [5, 5.41) is 0. The van der Waals surface area contributed by atoms with E-state index in [-0.39, 0.29) is 5.54 Å². The van der Waals surface area contributed by atoms with Crippen molar-refractivity contribution in [3.05, 3.63) is 42.5 Å². The number of amidine groups is 1. The Morgan fingerprint density at radius 1 is 1.05 bits per heavy atom. The Morgan fingerprint density at radius 3 is 2.20 bits per heavy atom. The Morgan fingerprint density at radius 2 is 1.65 bits per heavy atom. The second-order valence-corrected chi connectivity index (χ2v) is 6.50. The van der Waals surface area contributed by atoms with Gasteiger partial charge in [0.25, 0.3) is 0 Å². The highest BCUT2D eigenvalue weighted by Gasteiger charge is 2.21. The van der Waals surface area contributed by atoms with Gasteiger partial charge in [-0.2, -0.15) is 0 Å². The highest BCUT2D eigenvalue weighted by molar-refractivity contribution is 6.22. The minimum absolute atomic E-state index is 0.0789. The molecule has 108 valence electrons. The molecule has 1 aromatic carbocycles. The second-order valence-electron chi connectivity index (χ2n) is 6.50. The molecule has 2 nitrogen and oxygen atoms in total. The summed E-state index contributed by atoms with van der Waals surface area (Å²) in [6, 6.07) is 10.4. The monoisotopic (exact) mass is 270 g/mol. The summed E-state index contributed by atoms with van der Waals surface area (Å²) in [4.78, 5) is 7.36. The van der Waals surface area contributed by atoms with Gasteiger partial charge in [-0.05, 0) is 45.6 Å². The molecule has 1 saturated heterocycles. The molecule has 1 aliphatic heterocycles. The van der Waals surface area contributed by atoms with Crippen LogP contribution in [0.4, 0.5) is 0 Å². The van der Waals surface area contributed by atoms with Crippen molar-refractivity contribution in [1.82, 2.24) is 4.90 Å². The van der Waals surface area contributed by atoms with E-state index in [2.05, 4.69) is 56.5 Å². The molecule has 0 unspecified atom stereocenters. The quantitative estimate of drug-likeness (QED) is 0.575. The Balaban J connectivity index is 2.31. The molecular weight excluding hydrogens is 244 g/mol. The third-order valence-corrected chi connectivity index (χ3v) is 3.49. The minimum atomic E-state index is -0.0789. The molecule has 1 heterocycles. The van der Waals surface area contributed by atoms with Gasteiger partial charge in [-0.3, -0.25) is 4.99 Å². The van der Waals surface area contributed by atoms with E-state index in [0.29, 0.717) is 0 Å². The Bertz CT molecular complexity index is 474. The van der Waals surface area contributed by atoms with Crippen LogP contribution in [0, 0.1) is 0 Å².